The minimum Gasteiger partial charge on any atom is -0.298 e. The van der Waals surface area contributed by atoms with E-state index >= 15 is 0 Å². The van der Waals surface area contributed by atoms with Gasteiger partial charge in [-0.25, -0.2) is 4.98 Å². The van der Waals surface area contributed by atoms with Gasteiger partial charge in [-0.05, 0) is 30.5 Å². The van der Waals surface area contributed by atoms with Gasteiger partial charge in [0, 0.05) is 28.3 Å². The molecule has 0 aliphatic carbocycles. The Hall–Kier alpha value is -2.93. The Morgan fingerprint density at radius 1 is 1.22 bits per heavy atom. The first-order valence-electron chi connectivity index (χ1n) is 7.50. The molecule has 3 aromatic rings. The lowest BCUT2D eigenvalue weighted by Crippen LogP contribution is -1.89. The van der Waals surface area contributed by atoms with Crippen molar-refractivity contribution in [2.75, 3.05) is 0 Å². The fourth-order valence-electron chi connectivity index (χ4n) is 2.42. The number of aromatic amines is 1. The van der Waals surface area contributed by atoms with Crippen molar-refractivity contribution in [2.45, 2.75) is 26.7 Å². The summed E-state index contributed by atoms with van der Waals surface area (Å²) in [6, 6.07) is 7.51. The van der Waals surface area contributed by atoms with Gasteiger partial charge in [0.2, 0.25) is 0 Å². The van der Waals surface area contributed by atoms with E-state index in [0.717, 1.165) is 39.7 Å². The number of nitrogens with one attached hydrogen (secondary N) is 1. The summed E-state index contributed by atoms with van der Waals surface area (Å²) in [6.07, 6.45) is 2.56. The molecule has 0 unspecified atom stereocenters. The van der Waals surface area contributed by atoms with Crippen LogP contribution in [0.25, 0.3) is 11.0 Å². The third-order valence-electron chi connectivity index (χ3n) is 3.73. The second kappa shape index (κ2) is 6.05. The number of carbonyl (C=O) groups is 1. The number of aryl methyl sites for hydroxylation is 1. The van der Waals surface area contributed by atoms with Crippen molar-refractivity contribution >= 4 is 17.3 Å². The van der Waals surface area contributed by atoms with Gasteiger partial charge in [-0.15, -0.1) is 0 Å². The summed E-state index contributed by atoms with van der Waals surface area (Å²) >= 11 is 0. The summed E-state index contributed by atoms with van der Waals surface area (Å²) in [6.45, 7) is 6.18. The van der Waals surface area contributed by atoms with E-state index in [1.165, 1.54) is 0 Å². The van der Waals surface area contributed by atoms with Crippen molar-refractivity contribution < 1.29 is 4.79 Å². The molecule has 0 bridgehead atoms. The van der Waals surface area contributed by atoms with E-state index in [-0.39, 0.29) is 0 Å². The van der Waals surface area contributed by atoms with Gasteiger partial charge in [0.05, 0.1) is 5.69 Å². The van der Waals surface area contributed by atoms with E-state index in [2.05, 4.69) is 40.9 Å². The molecule has 0 aliphatic heterocycles. The molecule has 4 nitrogen and oxygen atoms in total. The molecule has 0 atom stereocenters. The third-order valence-corrected chi connectivity index (χ3v) is 3.73. The van der Waals surface area contributed by atoms with Crippen LogP contribution in [0.5, 0.6) is 0 Å². The summed E-state index contributed by atoms with van der Waals surface area (Å²) in [4.78, 5) is 15.3. The Morgan fingerprint density at radius 3 is 2.78 bits per heavy atom. The molecule has 0 spiro atoms. The number of carbonyl (C=O) groups excluding carboxylic acids is 1. The molecule has 0 saturated heterocycles. The van der Waals surface area contributed by atoms with E-state index in [0.29, 0.717) is 11.5 Å². The lowest BCUT2D eigenvalue weighted by Gasteiger charge is -2.00. The number of rotatable bonds is 2. The fraction of sp³-hybridized carbons (Fsp3) is 0.211. The first-order chi connectivity index (χ1) is 11.1. The predicted molar refractivity (Wildman–Crippen MR) is 90.5 cm³/mol. The lowest BCUT2D eigenvalue weighted by atomic mass is 10.0. The van der Waals surface area contributed by atoms with Crippen molar-refractivity contribution in [3.05, 3.63) is 58.4 Å². The number of benzene rings is 1. The highest BCUT2D eigenvalue weighted by molar-refractivity contribution is 5.79. The topological polar surface area (TPSA) is 58.6 Å². The number of H-pyrrole nitrogens is 1. The quantitative estimate of drug-likeness (QED) is 0.581. The SMILES string of the molecule is Cc1ccc(C=O)cc1C#Cc1cnc2[nH]nc(C(C)C)c2c1. The smallest absolute Gasteiger partial charge is 0.155 e. The van der Waals surface area contributed by atoms with Gasteiger partial charge in [-0.2, -0.15) is 5.10 Å². The number of nitrogens with zero attached hydrogens (tertiary/aromatic N) is 2. The van der Waals surface area contributed by atoms with Crippen molar-refractivity contribution in [1.29, 1.82) is 0 Å². The maximum Gasteiger partial charge on any atom is 0.155 e. The van der Waals surface area contributed by atoms with E-state index in [9.17, 15) is 4.79 Å². The van der Waals surface area contributed by atoms with E-state index < -0.39 is 0 Å². The highest BCUT2D eigenvalue weighted by atomic mass is 16.1. The molecule has 2 heterocycles. The number of aromatic nitrogens is 3. The molecule has 2 aromatic heterocycles. The Bertz CT molecular complexity index is 942. The van der Waals surface area contributed by atoms with Crippen LogP contribution in [0.15, 0.2) is 30.5 Å². The van der Waals surface area contributed by atoms with Gasteiger partial charge in [-0.1, -0.05) is 37.8 Å². The van der Waals surface area contributed by atoms with Gasteiger partial charge in [0.1, 0.15) is 6.29 Å². The summed E-state index contributed by atoms with van der Waals surface area (Å²) in [7, 11) is 0. The molecule has 0 amide bonds. The maximum absolute atomic E-state index is 10.9. The van der Waals surface area contributed by atoms with Gasteiger partial charge >= 0.3 is 0 Å². The summed E-state index contributed by atoms with van der Waals surface area (Å²) in [5, 5.41) is 8.27. The number of fused-ring (bicyclic) bond motifs is 1. The normalized spacial score (nSPS) is 10.6. The third kappa shape index (κ3) is 3.00. The zero-order chi connectivity index (χ0) is 16.4. The van der Waals surface area contributed by atoms with Gasteiger partial charge in [0.25, 0.3) is 0 Å². The molecular weight excluding hydrogens is 286 g/mol. The number of hydrogen-bond donors (Lipinski definition) is 1. The molecule has 0 fully saturated rings. The average molecular weight is 303 g/mol. The van der Waals surface area contributed by atoms with Crippen LogP contribution in [0.1, 0.15) is 52.5 Å². The molecule has 23 heavy (non-hydrogen) atoms. The Labute approximate surface area is 135 Å². The lowest BCUT2D eigenvalue weighted by molar-refractivity contribution is 0.112. The van der Waals surface area contributed by atoms with Crippen LogP contribution in [0, 0.1) is 18.8 Å². The fourth-order valence-corrected chi connectivity index (χ4v) is 2.42. The van der Waals surface area contributed by atoms with Gasteiger partial charge < -0.3 is 0 Å². The van der Waals surface area contributed by atoms with E-state index in [4.69, 9.17) is 0 Å². The monoisotopic (exact) mass is 303 g/mol. The standard InChI is InChI=1S/C19H17N3O/c1-12(2)18-17-9-14(10-20-19(17)22-21-18)6-7-16-8-15(11-23)5-4-13(16)3/h4-5,8-12H,1-3H3,(H,20,21,22). The maximum atomic E-state index is 10.9. The zero-order valence-electron chi connectivity index (χ0n) is 13.3. The van der Waals surface area contributed by atoms with Crippen molar-refractivity contribution in [2.24, 2.45) is 0 Å². The van der Waals surface area contributed by atoms with Crippen LogP contribution in [-0.4, -0.2) is 21.5 Å². The van der Waals surface area contributed by atoms with Crippen LogP contribution in [0.4, 0.5) is 0 Å². The highest BCUT2D eigenvalue weighted by Crippen LogP contribution is 2.22. The van der Waals surface area contributed by atoms with Gasteiger partial charge in [-0.3, -0.25) is 9.89 Å². The Morgan fingerprint density at radius 2 is 2.04 bits per heavy atom. The molecule has 1 aromatic carbocycles. The van der Waals surface area contributed by atoms with E-state index in [1.54, 1.807) is 18.3 Å². The minimum atomic E-state index is 0.320. The largest absolute Gasteiger partial charge is 0.298 e. The molecule has 1 N–H and O–H groups in total. The first-order valence-corrected chi connectivity index (χ1v) is 7.50. The number of hydrogen-bond acceptors (Lipinski definition) is 3. The summed E-state index contributed by atoms with van der Waals surface area (Å²) in [5.74, 6) is 6.58. The molecule has 0 saturated carbocycles. The second-order valence-electron chi connectivity index (χ2n) is 5.83. The molecule has 4 heteroatoms. The van der Waals surface area contributed by atoms with Crippen molar-refractivity contribution in [3.8, 4) is 11.8 Å². The molecule has 3 rings (SSSR count). The zero-order valence-corrected chi connectivity index (χ0v) is 13.3. The molecule has 114 valence electrons. The average Bonchev–Trinajstić information content (AvgIpc) is 2.97. The second-order valence-corrected chi connectivity index (χ2v) is 5.83. The van der Waals surface area contributed by atoms with Crippen molar-refractivity contribution in [3.63, 3.8) is 0 Å². The van der Waals surface area contributed by atoms with Crippen LogP contribution in [0.3, 0.4) is 0 Å². The Kier molecular flexibility index (Phi) is 3.94. The van der Waals surface area contributed by atoms with Crippen LogP contribution in [-0.2, 0) is 0 Å². The number of pyridine rings is 1. The van der Waals surface area contributed by atoms with Crippen LogP contribution < -0.4 is 0 Å². The van der Waals surface area contributed by atoms with Crippen LogP contribution >= 0.6 is 0 Å². The Balaban J connectivity index is 2.02. The minimum absolute atomic E-state index is 0.320. The molecule has 0 aliphatic rings. The van der Waals surface area contributed by atoms with Crippen LogP contribution in [0.2, 0.25) is 0 Å². The van der Waals surface area contributed by atoms with Gasteiger partial charge in [0.15, 0.2) is 5.65 Å². The van der Waals surface area contributed by atoms with E-state index in [1.807, 2.05) is 19.1 Å². The molecular formula is C19H17N3O. The summed E-state index contributed by atoms with van der Waals surface area (Å²) in [5.41, 5.74) is 5.13. The van der Waals surface area contributed by atoms with Crippen molar-refractivity contribution in [1.82, 2.24) is 15.2 Å². The predicted octanol–water partition coefficient (Wildman–Crippen LogP) is 3.60. The number of aldehydes is 1. The highest BCUT2D eigenvalue weighted by Gasteiger charge is 2.10. The first kappa shape index (κ1) is 15.0. The molecule has 0 radical (unpaired) electrons. The summed E-state index contributed by atoms with van der Waals surface area (Å²) < 4.78 is 0.